The van der Waals surface area contributed by atoms with Crippen LogP contribution in [-0.2, 0) is 13.2 Å². The van der Waals surface area contributed by atoms with Gasteiger partial charge in [0.15, 0.2) is 5.58 Å². The quantitative estimate of drug-likeness (QED) is 0.625. The summed E-state index contributed by atoms with van der Waals surface area (Å²) in [5.74, 6) is 0.540. The van der Waals surface area contributed by atoms with Crippen molar-refractivity contribution in [3.8, 4) is 5.75 Å². The van der Waals surface area contributed by atoms with Crippen LogP contribution in [0, 0.1) is 0 Å². The van der Waals surface area contributed by atoms with Gasteiger partial charge >= 0.3 is 5.76 Å². The van der Waals surface area contributed by atoms with Crippen molar-refractivity contribution in [2.75, 3.05) is 7.11 Å². The van der Waals surface area contributed by atoms with Crippen molar-refractivity contribution >= 4 is 27.0 Å². The Bertz CT molecular complexity index is 941. The van der Waals surface area contributed by atoms with E-state index in [0.29, 0.717) is 18.3 Å². The number of ether oxygens (including phenoxy) is 1. The van der Waals surface area contributed by atoms with Crippen molar-refractivity contribution in [1.82, 2.24) is 9.47 Å². The number of nitrogens with zero attached hydrogens (tertiary/aromatic N) is 2. The molecule has 0 amide bonds. The summed E-state index contributed by atoms with van der Waals surface area (Å²) in [6.07, 6.45) is 2.35. The molecule has 2 aromatic carbocycles. The molecule has 1 saturated carbocycles. The van der Waals surface area contributed by atoms with E-state index in [4.69, 9.17) is 9.15 Å². The average molecular weight is 403 g/mol. The molecule has 6 heteroatoms. The van der Waals surface area contributed by atoms with Gasteiger partial charge in [-0.25, -0.2) is 4.79 Å². The van der Waals surface area contributed by atoms with E-state index in [9.17, 15) is 4.79 Å². The number of fused-ring (bicyclic) bond motifs is 1. The first-order chi connectivity index (χ1) is 12.1. The van der Waals surface area contributed by atoms with Crippen molar-refractivity contribution in [3.05, 3.63) is 63.1 Å². The highest BCUT2D eigenvalue weighted by Crippen LogP contribution is 2.30. The van der Waals surface area contributed by atoms with Crippen LogP contribution in [0.15, 0.2) is 56.1 Å². The fourth-order valence-corrected chi connectivity index (χ4v) is 3.40. The lowest BCUT2D eigenvalue weighted by atomic mass is 10.2. The van der Waals surface area contributed by atoms with Gasteiger partial charge in [0.05, 0.1) is 19.3 Å². The molecule has 25 heavy (non-hydrogen) atoms. The second-order valence-electron chi connectivity index (χ2n) is 6.38. The van der Waals surface area contributed by atoms with Gasteiger partial charge in [0, 0.05) is 17.1 Å². The Morgan fingerprint density at radius 3 is 2.68 bits per heavy atom. The van der Waals surface area contributed by atoms with Crippen LogP contribution >= 0.6 is 15.9 Å². The molecule has 1 aromatic heterocycles. The van der Waals surface area contributed by atoms with Gasteiger partial charge in [0.2, 0.25) is 0 Å². The summed E-state index contributed by atoms with van der Waals surface area (Å²) < 4.78 is 13.2. The third kappa shape index (κ3) is 3.50. The fraction of sp³-hybridized carbons (Fsp3) is 0.316. The molecule has 0 bridgehead atoms. The Morgan fingerprint density at radius 2 is 2.00 bits per heavy atom. The summed E-state index contributed by atoms with van der Waals surface area (Å²) in [4.78, 5) is 14.6. The van der Waals surface area contributed by atoms with E-state index >= 15 is 0 Å². The molecule has 0 radical (unpaired) electrons. The van der Waals surface area contributed by atoms with Crippen LogP contribution in [0.25, 0.3) is 11.1 Å². The summed E-state index contributed by atoms with van der Waals surface area (Å²) in [6, 6.07) is 14.3. The second-order valence-corrected chi connectivity index (χ2v) is 7.29. The monoisotopic (exact) mass is 402 g/mol. The Balaban J connectivity index is 1.60. The van der Waals surface area contributed by atoms with Gasteiger partial charge in [0.1, 0.15) is 5.75 Å². The number of benzene rings is 2. The molecule has 0 unspecified atom stereocenters. The number of hydrogen-bond donors (Lipinski definition) is 0. The molecule has 0 atom stereocenters. The SMILES string of the molecule is COc1ccc(CN(Cn2c(=O)oc3cc(Br)ccc32)C2CC2)cc1. The van der Waals surface area contributed by atoms with E-state index in [1.165, 1.54) is 18.4 Å². The molecule has 5 nitrogen and oxygen atoms in total. The van der Waals surface area contributed by atoms with E-state index in [1.54, 1.807) is 11.7 Å². The van der Waals surface area contributed by atoms with Crippen LogP contribution in [0.3, 0.4) is 0 Å². The molecule has 130 valence electrons. The average Bonchev–Trinajstić information content (AvgIpc) is 3.40. The number of oxazole rings is 1. The maximum atomic E-state index is 12.3. The van der Waals surface area contributed by atoms with Gasteiger partial charge in [-0.05, 0) is 48.7 Å². The molecule has 1 heterocycles. The van der Waals surface area contributed by atoms with Gasteiger partial charge in [-0.1, -0.05) is 28.1 Å². The normalized spacial score (nSPS) is 14.4. The smallest absolute Gasteiger partial charge is 0.421 e. The molecule has 1 aliphatic carbocycles. The first kappa shape index (κ1) is 16.4. The Labute approximate surface area is 153 Å². The number of halogens is 1. The van der Waals surface area contributed by atoms with Crippen LogP contribution in [0.4, 0.5) is 0 Å². The maximum absolute atomic E-state index is 12.3. The Kier molecular flexibility index (Phi) is 4.39. The number of aromatic nitrogens is 1. The van der Waals surface area contributed by atoms with Crippen molar-refractivity contribution in [2.24, 2.45) is 0 Å². The van der Waals surface area contributed by atoms with Gasteiger partial charge in [-0.15, -0.1) is 0 Å². The third-order valence-corrected chi connectivity index (χ3v) is 5.05. The zero-order chi connectivity index (χ0) is 17.4. The summed E-state index contributed by atoms with van der Waals surface area (Å²) in [5, 5.41) is 0. The minimum absolute atomic E-state index is 0.312. The van der Waals surface area contributed by atoms with Crippen LogP contribution in [0.2, 0.25) is 0 Å². The summed E-state index contributed by atoms with van der Waals surface area (Å²) in [6.45, 7) is 1.33. The molecule has 3 aromatic rings. The van der Waals surface area contributed by atoms with Crippen molar-refractivity contribution in [3.63, 3.8) is 0 Å². The van der Waals surface area contributed by atoms with Crippen molar-refractivity contribution in [1.29, 1.82) is 0 Å². The highest BCUT2D eigenvalue weighted by atomic mass is 79.9. The van der Waals surface area contributed by atoms with Gasteiger partial charge in [-0.2, -0.15) is 0 Å². The van der Waals surface area contributed by atoms with Gasteiger partial charge < -0.3 is 9.15 Å². The summed E-state index contributed by atoms with van der Waals surface area (Å²) >= 11 is 3.41. The Hall–Kier alpha value is -2.05. The van der Waals surface area contributed by atoms with Crippen molar-refractivity contribution in [2.45, 2.75) is 32.1 Å². The molecule has 1 aliphatic rings. The zero-order valence-electron chi connectivity index (χ0n) is 13.9. The van der Waals surface area contributed by atoms with Crippen LogP contribution in [0.1, 0.15) is 18.4 Å². The fourth-order valence-electron chi connectivity index (χ4n) is 3.06. The molecule has 0 N–H and O–H groups in total. The molecule has 0 spiro atoms. The second kappa shape index (κ2) is 6.69. The predicted molar refractivity (Wildman–Crippen MR) is 99.7 cm³/mol. The van der Waals surface area contributed by atoms with E-state index < -0.39 is 0 Å². The topological polar surface area (TPSA) is 47.6 Å². The van der Waals surface area contributed by atoms with E-state index in [0.717, 1.165) is 22.3 Å². The van der Waals surface area contributed by atoms with Crippen molar-refractivity contribution < 1.29 is 9.15 Å². The predicted octanol–water partition coefficient (Wildman–Crippen LogP) is 3.99. The highest BCUT2D eigenvalue weighted by molar-refractivity contribution is 9.10. The minimum Gasteiger partial charge on any atom is -0.497 e. The first-order valence-electron chi connectivity index (χ1n) is 8.30. The number of rotatable bonds is 6. The van der Waals surface area contributed by atoms with E-state index in [-0.39, 0.29) is 5.76 Å². The largest absolute Gasteiger partial charge is 0.497 e. The maximum Gasteiger partial charge on any atom is 0.421 e. The molecule has 1 fully saturated rings. The van der Waals surface area contributed by atoms with E-state index in [1.807, 2.05) is 30.3 Å². The lowest BCUT2D eigenvalue weighted by Crippen LogP contribution is -2.31. The Morgan fingerprint density at radius 1 is 1.24 bits per heavy atom. The minimum atomic E-state index is -0.312. The lowest BCUT2D eigenvalue weighted by molar-refractivity contribution is 0.195. The van der Waals surface area contributed by atoms with Crippen LogP contribution in [0.5, 0.6) is 5.75 Å². The number of methoxy groups -OCH3 is 1. The standard InChI is InChI=1S/C19H19BrN2O3/c1-24-16-7-2-13(3-8-16)11-21(15-5-6-15)12-22-17-9-4-14(20)10-18(17)25-19(22)23/h2-4,7-10,15H,5-6,11-12H2,1H3. The summed E-state index contributed by atoms with van der Waals surface area (Å²) in [7, 11) is 1.67. The molecule has 4 rings (SSSR count). The zero-order valence-corrected chi connectivity index (χ0v) is 15.5. The molecule has 0 saturated heterocycles. The van der Waals surface area contributed by atoms with Gasteiger partial charge in [0.25, 0.3) is 0 Å². The third-order valence-electron chi connectivity index (χ3n) is 4.56. The lowest BCUT2D eigenvalue weighted by Gasteiger charge is -2.22. The molecule has 0 aliphatic heterocycles. The highest BCUT2D eigenvalue weighted by Gasteiger charge is 2.30. The van der Waals surface area contributed by atoms with Gasteiger partial charge in [-0.3, -0.25) is 9.47 Å². The van der Waals surface area contributed by atoms with Crippen LogP contribution in [-0.4, -0.2) is 22.6 Å². The molecular formula is C19H19BrN2O3. The van der Waals surface area contributed by atoms with Crippen LogP contribution < -0.4 is 10.5 Å². The number of hydrogen-bond acceptors (Lipinski definition) is 4. The van der Waals surface area contributed by atoms with E-state index in [2.05, 4.69) is 33.0 Å². The molecular weight excluding hydrogens is 384 g/mol. The first-order valence-corrected chi connectivity index (χ1v) is 9.09. The summed E-state index contributed by atoms with van der Waals surface area (Å²) in [5.41, 5.74) is 2.64.